The number of hydrogen-bond donors (Lipinski definition) is 1. The molecular weight excluding hydrogens is 216 g/mol. The van der Waals surface area contributed by atoms with E-state index < -0.39 is 0 Å². The molecule has 0 aliphatic heterocycles. The van der Waals surface area contributed by atoms with Crippen LogP contribution in [-0.4, -0.2) is 26.3 Å². The third kappa shape index (κ3) is 2.78. The Bertz CT molecular complexity index is 539. The smallest absolute Gasteiger partial charge is 0.163 e. The van der Waals surface area contributed by atoms with Crippen LogP contribution in [0.25, 0.3) is 0 Å². The van der Waals surface area contributed by atoms with Gasteiger partial charge >= 0.3 is 0 Å². The summed E-state index contributed by atoms with van der Waals surface area (Å²) in [5.41, 5.74) is 1.15. The monoisotopic (exact) mass is 228 g/mol. The SMILES string of the molecule is Cn1cnc(CCNc2cccnc2C#N)n1. The second-order valence-electron chi connectivity index (χ2n) is 3.52. The van der Waals surface area contributed by atoms with Gasteiger partial charge in [-0.05, 0) is 12.1 Å². The normalized spacial score (nSPS) is 9.88. The first-order chi connectivity index (χ1) is 8.29. The van der Waals surface area contributed by atoms with Crippen molar-refractivity contribution in [2.24, 2.45) is 7.05 Å². The number of nitriles is 1. The van der Waals surface area contributed by atoms with Crippen LogP contribution < -0.4 is 5.32 Å². The standard InChI is InChI=1S/C11H12N6/c1-17-8-15-11(16-17)4-6-14-9-3-2-5-13-10(9)7-12/h2-3,5,8,14H,4,6H2,1H3. The number of pyridine rings is 1. The highest BCUT2D eigenvalue weighted by Crippen LogP contribution is 2.10. The lowest BCUT2D eigenvalue weighted by Crippen LogP contribution is -2.08. The van der Waals surface area contributed by atoms with E-state index in [1.165, 1.54) is 0 Å². The molecule has 0 atom stereocenters. The molecule has 6 nitrogen and oxygen atoms in total. The first kappa shape index (κ1) is 11.1. The average molecular weight is 228 g/mol. The number of nitrogens with one attached hydrogen (secondary N) is 1. The van der Waals surface area contributed by atoms with Gasteiger partial charge in [0.05, 0.1) is 5.69 Å². The summed E-state index contributed by atoms with van der Waals surface area (Å²) in [6, 6.07) is 5.66. The van der Waals surface area contributed by atoms with Gasteiger partial charge in [-0.3, -0.25) is 4.68 Å². The quantitative estimate of drug-likeness (QED) is 0.834. The number of aromatic nitrogens is 4. The minimum atomic E-state index is 0.404. The van der Waals surface area contributed by atoms with E-state index in [-0.39, 0.29) is 0 Å². The zero-order valence-electron chi connectivity index (χ0n) is 9.46. The summed E-state index contributed by atoms with van der Waals surface area (Å²) in [5, 5.41) is 16.2. The van der Waals surface area contributed by atoms with Crippen LogP contribution in [0.1, 0.15) is 11.5 Å². The van der Waals surface area contributed by atoms with Gasteiger partial charge in [0.2, 0.25) is 0 Å². The average Bonchev–Trinajstić information content (AvgIpc) is 2.76. The highest BCUT2D eigenvalue weighted by atomic mass is 15.3. The molecule has 0 fully saturated rings. The molecule has 86 valence electrons. The summed E-state index contributed by atoms with van der Waals surface area (Å²) in [7, 11) is 1.83. The summed E-state index contributed by atoms with van der Waals surface area (Å²) in [6.45, 7) is 0.671. The Morgan fingerprint density at radius 1 is 1.47 bits per heavy atom. The minimum absolute atomic E-state index is 0.404. The molecule has 0 aromatic carbocycles. The maximum Gasteiger partial charge on any atom is 0.163 e. The molecule has 6 heteroatoms. The summed E-state index contributed by atoms with van der Waals surface area (Å²) >= 11 is 0. The van der Waals surface area contributed by atoms with Gasteiger partial charge in [-0.2, -0.15) is 10.4 Å². The van der Waals surface area contributed by atoms with Gasteiger partial charge in [0, 0.05) is 26.2 Å². The topological polar surface area (TPSA) is 79.4 Å². The van der Waals surface area contributed by atoms with Gasteiger partial charge in [-0.1, -0.05) is 0 Å². The van der Waals surface area contributed by atoms with Gasteiger partial charge < -0.3 is 5.32 Å². The van der Waals surface area contributed by atoms with Crippen molar-refractivity contribution < 1.29 is 0 Å². The van der Waals surface area contributed by atoms with E-state index in [0.717, 1.165) is 11.5 Å². The number of anilines is 1. The molecule has 0 aliphatic carbocycles. The molecule has 2 rings (SSSR count). The molecule has 0 saturated carbocycles. The van der Waals surface area contributed by atoms with Crippen molar-refractivity contribution >= 4 is 5.69 Å². The fourth-order valence-corrected chi connectivity index (χ4v) is 1.44. The maximum absolute atomic E-state index is 8.86. The summed E-state index contributed by atoms with van der Waals surface area (Å²) in [6.07, 6.45) is 3.98. The van der Waals surface area contributed by atoms with E-state index in [9.17, 15) is 0 Å². The van der Waals surface area contributed by atoms with Gasteiger partial charge in [-0.15, -0.1) is 0 Å². The summed E-state index contributed by atoms with van der Waals surface area (Å²) in [5.74, 6) is 0.780. The maximum atomic E-state index is 8.86. The Morgan fingerprint density at radius 3 is 3.06 bits per heavy atom. The van der Waals surface area contributed by atoms with E-state index in [1.54, 1.807) is 23.3 Å². The Morgan fingerprint density at radius 2 is 2.35 bits per heavy atom. The predicted molar refractivity (Wildman–Crippen MR) is 62.1 cm³/mol. The highest BCUT2D eigenvalue weighted by molar-refractivity contribution is 5.53. The van der Waals surface area contributed by atoms with E-state index in [2.05, 4.69) is 20.4 Å². The van der Waals surface area contributed by atoms with E-state index in [0.29, 0.717) is 18.7 Å². The van der Waals surface area contributed by atoms with Crippen molar-refractivity contribution in [3.8, 4) is 6.07 Å². The van der Waals surface area contributed by atoms with Crippen molar-refractivity contribution in [3.05, 3.63) is 36.2 Å². The Kier molecular flexibility index (Phi) is 3.31. The van der Waals surface area contributed by atoms with E-state index >= 15 is 0 Å². The lowest BCUT2D eigenvalue weighted by molar-refractivity contribution is 0.742. The fourth-order valence-electron chi connectivity index (χ4n) is 1.44. The number of aryl methyl sites for hydroxylation is 1. The van der Waals surface area contributed by atoms with Crippen molar-refractivity contribution in [1.29, 1.82) is 5.26 Å². The van der Waals surface area contributed by atoms with E-state index in [4.69, 9.17) is 5.26 Å². The van der Waals surface area contributed by atoms with Crippen LogP contribution in [0.4, 0.5) is 5.69 Å². The molecule has 0 amide bonds. The van der Waals surface area contributed by atoms with Crippen LogP contribution in [0.15, 0.2) is 24.7 Å². The lowest BCUT2D eigenvalue weighted by Gasteiger charge is -2.05. The lowest BCUT2D eigenvalue weighted by atomic mass is 10.3. The molecule has 0 spiro atoms. The van der Waals surface area contributed by atoms with Crippen molar-refractivity contribution in [2.75, 3.05) is 11.9 Å². The minimum Gasteiger partial charge on any atom is -0.382 e. The second kappa shape index (κ2) is 5.07. The third-order valence-electron chi connectivity index (χ3n) is 2.22. The predicted octanol–water partition coefficient (Wildman–Crippen LogP) is 0.736. The van der Waals surface area contributed by atoms with Gasteiger partial charge in [0.25, 0.3) is 0 Å². The van der Waals surface area contributed by atoms with Crippen LogP contribution >= 0.6 is 0 Å². The number of rotatable bonds is 4. The Balaban J connectivity index is 1.92. The van der Waals surface area contributed by atoms with E-state index in [1.807, 2.05) is 19.2 Å². The summed E-state index contributed by atoms with van der Waals surface area (Å²) in [4.78, 5) is 8.09. The molecule has 1 N–H and O–H groups in total. The third-order valence-corrected chi connectivity index (χ3v) is 2.22. The highest BCUT2D eigenvalue weighted by Gasteiger charge is 2.02. The molecule has 0 radical (unpaired) electrons. The molecule has 0 unspecified atom stereocenters. The van der Waals surface area contributed by atoms with Crippen LogP contribution in [0.5, 0.6) is 0 Å². The molecule has 2 heterocycles. The first-order valence-corrected chi connectivity index (χ1v) is 5.23. The largest absolute Gasteiger partial charge is 0.382 e. The molecule has 0 saturated heterocycles. The van der Waals surface area contributed by atoms with Crippen molar-refractivity contribution in [3.63, 3.8) is 0 Å². The summed E-state index contributed by atoms with van der Waals surface area (Å²) < 4.78 is 1.67. The van der Waals surface area contributed by atoms with Crippen LogP contribution in [-0.2, 0) is 13.5 Å². The van der Waals surface area contributed by atoms with Crippen molar-refractivity contribution in [1.82, 2.24) is 19.7 Å². The zero-order chi connectivity index (χ0) is 12.1. The zero-order valence-corrected chi connectivity index (χ0v) is 9.46. The molecule has 0 aliphatic rings. The molecule has 2 aromatic heterocycles. The van der Waals surface area contributed by atoms with Gasteiger partial charge in [0.15, 0.2) is 11.5 Å². The van der Waals surface area contributed by atoms with Crippen LogP contribution in [0.3, 0.4) is 0 Å². The fraction of sp³-hybridized carbons (Fsp3) is 0.273. The molecule has 2 aromatic rings. The molecule has 17 heavy (non-hydrogen) atoms. The van der Waals surface area contributed by atoms with Gasteiger partial charge in [-0.25, -0.2) is 9.97 Å². The van der Waals surface area contributed by atoms with Crippen LogP contribution in [0.2, 0.25) is 0 Å². The van der Waals surface area contributed by atoms with Gasteiger partial charge in [0.1, 0.15) is 12.4 Å². The van der Waals surface area contributed by atoms with Crippen molar-refractivity contribution in [2.45, 2.75) is 6.42 Å². The number of nitrogens with zero attached hydrogens (tertiary/aromatic N) is 5. The van der Waals surface area contributed by atoms with Crippen LogP contribution in [0, 0.1) is 11.3 Å². The molecule has 0 bridgehead atoms. The molecular formula is C11H12N6. The number of hydrogen-bond acceptors (Lipinski definition) is 5. The second-order valence-corrected chi connectivity index (χ2v) is 3.52. The Hall–Kier alpha value is -2.42. The first-order valence-electron chi connectivity index (χ1n) is 5.23. The Labute approximate surface area is 98.9 Å².